The van der Waals surface area contributed by atoms with Crippen LogP contribution in [0.5, 0.6) is 5.75 Å². The maximum absolute atomic E-state index is 5.91. The zero-order valence-electron chi connectivity index (χ0n) is 9.57. The lowest BCUT2D eigenvalue weighted by Crippen LogP contribution is -2.12. The fraction of sp³-hybridized carbons (Fsp3) is 0.231. The van der Waals surface area contributed by atoms with E-state index in [0.717, 1.165) is 24.4 Å². The van der Waals surface area contributed by atoms with Crippen molar-refractivity contribution in [1.82, 2.24) is 5.32 Å². The first kappa shape index (κ1) is 12.4. The third kappa shape index (κ3) is 3.46. The highest BCUT2D eigenvalue weighted by Crippen LogP contribution is 2.23. The van der Waals surface area contributed by atoms with E-state index in [1.807, 2.05) is 18.2 Å². The van der Waals surface area contributed by atoms with Gasteiger partial charge in [-0.15, -0.1) is 11.3 Å². The van der Waals surface area contributed by atoms with Gasteiger partial charge < -0.3 is 10.1 Å². The second kappa shape index (κ2) is 6.05. The summed E-state index contributed by atoms with van der Waals surface area (Å²) in [5.74, 6) is 0.830. The number of rotatable bonds is 5. The first-order chi connectivity index (χ1) is 8.29. The van der Waals surface area contributed by atoms with Crippen LogP contribution in [0.1, 0.15) is 10.4 Å². The normalized spacial score (nSPS) is 10.5. The Kier molecular flexibility index (Phi) is 4.42. The maximum Gasteiger partial charge on any atom is 0.124 e. The van der Waals surface area contributed by atoms with Crippen molar-refractivity contribution >= 4 is 22.9 Å². The van der Waals surface area contributed by atoms with E-state index in [9.17, 15) is 0 Å². The molecule has 2 aromatic rings. The minimum atomic E-state index is 0.698. The highest BCUT2D eigenvalue weighted by Gasteiger charge is 2.03. The average molecular weight is 268 g/mol. The zero-order chi connectivity index (χ0) is 12.1. The Hall–Kier alpha value is -1.03. The lowest BCUT2D eigenvalue weighted by molar-refractivity contribution is 0.407. The molecule has 4 heteroatoms. The fourth-order valence-electron chi connectivity index (χ4n) is 1.60. The maximum atomic E-state index is 5.91. The molecular formula is C13H14ClNOS. The van der Waals surface area contributed by atoms with Crippen LogP contribution in [0.15, 0.2) is 35.7 Å². The number of nitrogens with one attached hydrogen (secondary N) is 1. The predicted molar refractivity (Wildman–Crippen MR) is 72.9 cm³/mol. The molecular weight excluding hydrogens is 254 g/mol. The van der Waals surface area contributed by atoms with Gasteiger partial charge in [0.05, 0.1) is 7.11 Å². The van der Waals surface area contributed by atoms with E-state index in [-0.39, 0.29) is 0 Å². The van der Waals surface area contributed by atoms with Gasteiger partial charge in [-0.2, -0.15) is 0 Å². The quantitative estimate of drug-likeness (QED) is 0.892. The van der Waals surface area contributed by atoms with Gasteiger partial charge in [-0.3, -0.25) is 0 Å². The minimum Gasteiger partial charge on any atom is -0.496 e. The molecule has 90 valence electrons. The summed E-state index contributed by atoms with van der Waals surface area (Å²) in [4.78, 5) is 1.33. The number of hydrogen-bond donors (Lipinski definition) is 1. The van der Waals surface area contributed by atoms with E-state index in [0.29, 0.717) is 5.02 Å². The Morgan fingerprint density at radius 1 is 1.29 bits per heavy atom. The molecule has 1 aromatic heterocycles. The highest BCUT2D eigenvalue weighted by molar-refractivity contribution is 7.09. The van der Waals surface area contributed by atoms with Crippen LogP contribution in [0.3, 0.4) is 0 Å². The molecule has 0 aliphatic carbocycles. The van der Waals surface area contributed by atoms with Crippen molar-refractivity contribution in [2.24, 2.45) is 0 Å². The molecule has 0 aliphatic heterocycles. The second-order valence-corrected chi connectivity index (χ2v) is 5.11. The van der Waals surface area contributed by atoms with Crippen molar-refractivity contribution in [3.63, 3.8) is 0 Å². The van der Waals surface area contributed by atoms with E-state index >= 15 is 0 Å². The number of halogens is 1. The lowest BCUT2D eigenvalue weighted by atomic mass is 10.2. The van der Waals surface area contributed by atoms with Crippen LogP contribution in [0.4, 0.5) is 0 Å². The number of thiophene rings is 1. The molecule has 0 saturated carbocycles. The van der Waals surface area contributed by atoms with Crippen LogP contribution in [0.2, 0.25) is 5.02 Å². The predicted octanol–water partition coefficient (Wildman–Crippen LogP) is 3.70. The first-order valence-corrected chi connectivity index (χ1v) is 6.61. The summed E-state index contributed by atoms with van der Waals surface area (Å²) >= 11 is 7.67. The molecule has 0 fully saturated rings. The van der Waals surface area contributed by atoms with Crippen molar-refractivity contribution < 1.29 is 4.74 Å². The smallest absolute Gasteiger partial charge is 0.124 e. The molecule has 0 radical (unpaired) electrons. The first-order valence-electron chi connectivity index (χ1n) is 5.35. The minimum absolute atomic E-state index is 0.698. The Morgan fingerprint density at radius 3 is 2.88 bits per heavy atom. The SMILES string of the molecule is COc1cc(Cl)ccc1CNCc1cccs1. The van der Waals surface area contributed by atoms with Crippen LogP contribution < -0.4 is 10.1 Å². The van der Waals surface area contributed by atoms with Gasteiger partial charge in [-0.1, -0.05) is 23.7 Å². The molecule has 1 aromatic carbocycles. The van der Waals surface area contributed by atoms with Crippen molar-refractivity contribution in [3.05, 3.63) is 51.2 Å². The molecule has 0 spiro atoms. The van der Waals surface area contributed by atoms with Gasteiger partial charge in [0, 0.05) is 28.6 Å². The topological polar surface area (TPSA) is 21.3 Å². The van der Waals surface area contributed by atoms with Crippen LogP contribution in [0, 0.1) is 0 Å². The summed E-state index contributed by atoms with van der Waals surface area (Å²) in [6.45, 7) is 1.65. The van der Waals surface area contributed by atoms with E-state index in [2.05, 4.69) is 22.8 Å². The molecule has 0 saturated heterocycles. The van der Waals surface area contributed by atoms with E-state index in [4.69, 9.17) is 16.3 Å². The third-order valence-corrected chi connectivity index (χ3v) is 3.56. The second-order valence-electron chi connectivity index (χ2n) is 3.64. The monoisotopic (exact) mass is 267 g/mol. The van der Waals surface area contributed by atoms with Crippen LogP contribution in [-0.4, -0.2) is 7.11 Å². The van der Waals surface area contributed by atoms with Gasteiger partial charge in [0.15, 0.2) is 0 Å². The Balaban J connectivity index is 1.94. The number of ether oxygens (including phenoxy) is 1. The number of methoxy groups -OCH3 is 1. The van der Waals surface area contributed by atoms with Crippen molar-refractivity contribution in [1.29, 1.82) is 0 Å². The third-order valence-electron chi connectivity index (χ3n) is 2.44. The number of benzene rings is 1. The summed E-state index contributed by atoms with van der Waals surface area (Å²) in [7, 11) is 1.66. The molecule has 17 heavy (non-hydrogen) atoms. The van der Waals surface area contributed by atoms with Gasteiger partial charge in [0.25, 0.3) is 0 Å². The summed E-state index contributed by atoms with van der Waals surface area (Å²) < 4.78 is 5.29. The lowest BCUT2D eigenvalue weighted by Gasteiger charge is -2.09. The summed E-state index contributed by atoms with van der Waals surface area (Å²) in [6, 6.07) is 9.89. The average Bonchev–Trinajstić information content (AvgIpc) is 2.84. The van der Waals surface area contributed by atoms with Gasteiger partial charge in [-0.05, 0) is 23.6 Å². The summed E-state index contributed by atoms with van der Waals surface area (Å²) in [5.41, 5.74) is 1.12. The van der Waals surface area contributed by atoms with Gasteiger partial charge >= 0.3 is 0 Å². The number of hydrogen-bond acceptors (Lipinski definition) is 3. The fourth-order valence-corrected chi connectivity index (χ4v) is 2.43. The van der Waals surface area contributed by atoms with E-state index in [1.165, 1.54) is 4.88 Å². The molecule has 0 amide bonds. The van der Waals surface area contributed by atoms with Crippen LogP contribution in [-0.2, 0) is 13.1 Å². The Bertz CT molecular complexity index is 470. The summed E-state index contributed by atoms with van der Waals surface area (Å²) in [5, 5.41) is 6.17. The van der Waals surface area contributed by atoms with E-state index in [1.54, 1.807) is 18.4 Å². The molecule has 0 aliphatic rings. The van der Waals surface area contributed by atoms with Crippen molar-refractivity contribution in [2.45, 2.75) is 13.1 Å². The molecule has 1 N–H and O–H groups in total. The zero-order valence-corrected chi connectivity index (χ0v) is 11.1. The van der Waals surface area contributed by atoms with Crippen molar-refractivity contribution in [3.8, 4) is 5.75 Å². The van der Waals surface area contributed by atoms with Crippen LogP contribution >= 0.6 is 22.9 Å². The molecule has 0 atom stereocenters. The summed E-state index contributed by atoms with van der Waals surface area (Å²) in [6.07, 6.45) is 0. The molecule has 2 nitrogen and oxygen atoms in total. The van der Waals surface area contributed by atoms with E-state index < -0.39 is 0 Å². The Morgan fingerprint density at radius 2 is 2.18 bits per heavy atom. The molecule has 1 heterocycles. The van der Waals surface area contributed by atoms with Gasteiger partial charge in [-0.25, -0.2) is 0 Å². The Labute approximate surface area is 110 Å². The molecule has 0 unspecified atom stereocenters. The van der Waals surface area contributed by atoms with Crippen LogP contribution in [0.25, 0.3) is 0 Å². The standard InChI is InChI=1S/C13H14ClNOS/c1-16-13-7-11(14)5-4-10(13)8-15-9-12-3-2-6-17-12/h2-7,15H,8-9H2,1H3. The molecule has 2 rings (SSSR count). The van der Waals surface area contributed by atoms with Gasteiger partial charge in [0.2, 0.25) is 0 Å². The van der Waals surface area contributed by atoms with Crippen molar-refractivity contribution in [2.75, 3.05) is 7.11 Å². The largest absolute Gasteiger partial charge is 0.496 e. The van der Waals surface area contributed by atoms with Gasteiger partial charge in [0.1, 0.15) is 5.75 Å². The molecule has 0 bridgehead atoms. The highest BCUT2D eigenvalue weighted by atomic mass is 35.5.